The van der Waals surface area contributed by atoms with E-state index in [1.54, 1.807) is 12.1 Å². The van der Waals surface area contributed by atoms with Gasteiger partial charge in [-0.2, -0.15) is 5.26 Å². The van der Waals surface area contributed by atoms with Gasteiger partial charge in [0.1, 0.15) is 18.2 Å². The summed E-state index contributed by atoms with van der Waals surface area (Å²) < 4.78 is 11.9. The number of nitriles is 1. The van der Waals surface area contributed by atoms with E-state index in [9.17, 15) is 20.2 Å². The molecule has 0 aromatic heterocycles. The number of fused-ring (bicyclic) bond motifs is 1. The van der Waals surface area contributed by atoms with Crippen LogP contribution in [0.15, 0.2) is 78.4 Å². The van der Waals surface area contributed by atoms with Crippen molar-refractivity contribution in [2.24, 2.45) is 0 Å². The van der Waals surface area contributed by atoms with Gasteiger partial charge >= 0.3 is 0 Å². The van der Waals surface area contributed by atoms with Crippen LogP contribution in [0.25, 0.3) is 16.8 Å². The molecule has 1 N–H and O–H groups in total. The summed E-state index contributed by atoms with van der Waals surface area (Å²) in [6, 6.07) is 22.7. The fourth-order valence-corrected chi connectivity index (χ4v) is 4.34. The molecule has 0 saturated carbocycles. The van der Waals surface area contributed by atoms with Crippen molar-refractivity contribution in [3.05, 3.63) is 110 Å². The predicted octanol–water partition coefficient (Wildman–Crippen LogP) is 7.23. The van der Waals surface area contributed by atoms with Crippen molar-refractivity contribution >= 4 is 45.7 Å². The van der Waals surface area contributed by atoms with E-state index < -0.39 is 10.8 Å². The van der Waals surface area contributed by atoms with E-state index in [0.29, 0.717) is 23.7 Å². The molecule has 0 aliphatic carbocycles. The van der Waals surface area contributed by atoms with Gasteiger partial charge in [0.15, 0.2) is 11.5 Å². The number of amides is 1. The summed E-state index contributed by atoms with van der Waals surface area (Å²) in [5.74, 6) is -0.00749. The zero-order chi connectivity index (χ0) is 27.9. The number of halogens is 1. The van der Waals surface area contributed by atoms with Crippen LogP contribution in [0, 0.1) is 28.4 Å². The molecule has 1 amide bonds. The topological polar surface area (TPSA) is 114 Å². The highest BCUT2D eigenvalue weighted by Gasteiger charge is 2.17. The third-order valence-corrected chi connectivity index (χ3v) is 6.24. The summed E-state index contributed by atoms with van der Waals surface area (Å²) in [5.41, 5.74) is 2.34. The number of non-ortho nitro benzene ring substituents is 1. The Kier molecular flexibility index (Phi) is 8.44. The number of hydrogen-bond donors (Lipinski definition) is 1. The summed E-state index contributed by atoms with van der Waals surface area (Å²) in [6.07, 6.45) is 1.36. The molecule has 0 unspecified atom stereocenters. The van der Waals surface area contributed by atoms with Crippen LogP contribution in [0.1, 0.15) is 23.6 Å². The minimum absolute atomic E-state index is 0.183. The monoisotopic (exact) mass is 541 g/mol. The van der Waals surface area contributed by atoms with Crippen LogP contribution in [-0.4, -0.2) is 17.4 Å². The van der Waals surface area contributed by atoms with Crippen LogP contribution in [0.5, 0.6) is 11.5 Å². The van der Waals surface area contributed by atoms with Gasteiger partial charge in [-0.1, -0.05) is 54.1 Å². The number of nitrogens with one attached hydrogen (secondary N) is 1. The van der Waals surface area contributed by atoms with Crippen LogP contribution < -0.4 is 14.8 Å². The quantitative estimate of drug-likeness (QED) is 0.103. The number of hydrogen-bond acceptors (Lipinski definition) is 6. The molecule has 196 valence electrons. The van der Waals surface area contributed by atoms with Gasteiger partial charge in [-0.15, -0.1) is 0 Å². The summed E-state index contributed by atoms with van der Waals surface area (Å²) in [6.45, 7) is 4.44. The Morgan fingerprint density at radius 3 is 2.64 bits per heavy atom. The Morgan fingerprint density at radius 1 is 1.10 bits per heavy atom. The van der Waals surface area contributed by atoms with E-state index in [1.165, 1.54) is 30.3 Å². The lowest BCUT2D eigenvalue weighted by Gasteiger charge is -2.16. The van der Waals surface area contributed by atoms with Gasteiger partial charge in [0, 0.05) is 23.4 Å². The molecule has 0 aliphatic rings. The fraction of sp³-hybridized carbons (Fsp3) is 0.133. The third kappa shape index (κ3) is 6.35. The second kappa shape index (κ2) is 12.1. The number of anilines is 1. The molecule has 0 radical (unpaired) electrons. The smallest absolute Gasteiger partial charge is 0.271 e. The Hall–Kier alpha value is -4.87. The molecular formula is C30H24ClN3O5. The number of rotatable bonds is 9. The minimum Gasteiger partial charge on any atom is -0.490 e. The van der Waals surface area contributed by atoms with Crippen LogP contribution in [0.2, 0.25) is 5.02 Å². The molecule has 9 heteroatoms. The lowest BCUT2D eigenvalue weighted by Crippen LogP contribution is -2.13. The van der Waals surface area contributed by atoms with Crippen molar-refractivity contribution in [1.82, 2.24) is 0 Å². The highest BCUT2D eigenvalue weighted by atomic mass is 35.5. The number of nitro groups is 1. The summed E-state index contributed by atoms with van der Waals surface area (Å²) in [4.78, 5) is 23.2. The van der Waals surface area contributed by atoms with E-state index in [0.717, 1.165) is 21.9 Å². The first kappa shape index (κ1) is 27.2. The van der Waals surface area contributed by atoms with E-state index >= 15 is 0 Å². The molecule has 8 nitrogen and oxygen atoms in total. The van der Waals surface area contributed by atoms with Crippen molar-refractivity contribution < 1.29 is 19.2 Å². The largest absolute Gasteiger partial charge is 0.490 e. The summed E-state index contributed by atoms with van der Waals surface area (Å²) >= 11 is 6.60. The van der Waals surface area contributed by atoms with Crippen molar-refractivity contribution in [1.29, 1.82) is 5.26 Å². The Bertz CT molecular complexity index is 1640. The number of nitrogens with zero attached hydrogens (tertiary/aromatic N) is 2. The Balaban J connectivity index is 1.61. The molecular weight excluding hydrogens is 518 g/mol. The minimum atomic E-state index is -0.723. The highest BCUT2D eigenvalue weighted by Crippen LogP contribution is 2.38. The maximum atomic E-state index is 12.7. The molecule has 0 heterocycles. The number of carbonyl (C=O) groups is 1. The summed E-state index contributed by atoms with van der Waals surface area (Å²) in [5, 5.41) is 25.6. The second-order valence-electron chi connectivity index (χ2n) is 8.57. The number of benzene rings is 4. The highest BCUT2D eigenvalue weighted by molar-refractivity contribution is 6.32. The second-order valence-corrected chi connectivity index (χ2v) is 8.97. The van der Waals surface area contributed by atoms with Crippen LogP contribution >= 0.6 is 11.6 Å². The number of nitro benzene ring substituents is 1. The standard InChI is InChI=1S/C30H24ClN3O5/c1-3-38-28-15-20(13-22(17-32)30(35)33-23-8-6-9-24(16-23)34(36)37)14-27(31)29(28)39-18-26-19(2)11-12-21-7-4-5-10-25(21)26/h4-16H,3,18H2,1-2H3,(H,33,35)/b22-13+. The Morgan fingerprint density at radius 2 is 1.90 bits per heavy atom. The lowest BCUT2D eigenvalue weighted by molar-refractivity contribution is -0.384. The normalized spacial score (nSPS) is 11.1. The molecule has 0 atom stereocenters. The fourth-order valence-electron chi connectivity index (χ4n) is 4.07. The first-order valence-corrected chi connectivity index (χ1v) is 12.4. The van der Waals surface area contributed by atoms with Gasteiger partial charge in [0.2, 0.25) is 0 Å². The lowest BCUT2D eigenvalue weighted by atomic mass is 10.0. The zero-order valence-corrected chi connectivity index (χ0v) is 22.0. The van der Waals surface area contributed by atoms with Crippen molar-refractivity contribution in [2.45, 2.75) is 20.5 Å². The molecule has 4 aromatic rings. The third-order valence-electron chi connectivity index (χ3n) is 5.96. The van der Waals surface area contributed by atoms with Gasteiger partial charge in [0.05, 0.1) is 16.6 Å². The SMILES string of the molecule is CCOc1cc(/C=C(\C#N)C(=O)Nc2cccc([N+](=O)[O-])c2)cc(Cl)c1OCc1c(C)ccc2ccccc12. The van der Waals surface area contributed by atoms with Crippen LogP contribution in [-0.2, 0) is 11.4 Å². The molecule has 4 rings (SSSR count). The van der Waals surface area contributed by atoms with Crippen molar-refractivity contribution in [3.8, 4) is 17.6 Å². The molecule has 0 spiro atoms. The molecule has 0 bridgehead atoms. The molecule has 0 saturated heterocycles. The number of aryl methyl sites for hydroxylation is 1. The summed E-state index contributed by atoms with van der Waals surface area (Å²) in [7, 11) is 0. The van der Waals surface area contributed by atoms with Crippen molar-refractivity contribution in [3.63, 3.8) is 0 Å². The maximum Gasteiger partial charge on any atom is 0.271 e. The van der Waals surface area contributed by atoms with Crippen molar-refractivity contribution in [2.75, 3.05) is 11.9 Å². The first-order valence-electron chi connectivity index (χ1n) is 12.0. The van der Waals surface area contributed by atoms with Gasteiger partial charge in [-0.25, -0.2) is 0 Å². The number of carbonyl (C=O) groups excluding carboxylic acids is 1. The first-order chi connectivity index (χ1) is 18.8. The Labute approximate surface area is 230 Å². The predicted molar refractivity (Wildman–Crippen MR) is 151 cm³/mol. The van der Waals surface area contributed by atoms with Crippen LogP contribution in [0.4, 0.5) is 11.4 Å². The van der Waals surface area contributed by atoms with Gasteiger partial charge in [-0.3, -0.25) is 14.9 Å². The average molecular weight is 542 g/mol. The van der Waals surface area contributed by atoms with E-state index in [4.69, 9.17) is 21.1 Å². The van der Waals surface area contributed by atoms with E-state index in [-0.39, 0.29) is 28.6 Å². The zero-order valence-electron chi connectivity index (χ0n) is 21.2. The number of ether oxygens (including phenoxy) is 2. The van der Waals surface area contributed by atoms with E-state index in [2.05, 4.69) is 11.4 Å². The maximum absolute atomic E-state index is 12.7. The molecule has 4 aromatic carbocycles. The molecule has 39 heavy (non-hydrogen) atoms. The van der Waals surface area contributed by atoms with Crippen LogP contribution in [0.3, 0.4) is 0 Å². The van der Waals surface area contributed by atoms with Gasteiger partial charge in [0.25, 0.3) is 11.6 Å². The van der Waals surface area contributed by atoms with Gasteiger partial charge in [-0.05, 0) is 60.0 Å². The molecule has 0 aliphatic heterocycles. The molecule has 0 fully saturated rings. The average Bonchev–Trinajstić information content (AvgIpc) is 2.92. The van der Waals surface area contributed by atoms with E-state index in [1.807, 2.05) is 50.2 Å². The van der Waals surface area contributed by atoms with Gasteiger partial charge < -0.3 is 14.8 Å².